The zero-order chi connectivity index (χ0) is 18.2. The lowest BCUT2D eigenvalue weighted by Gasteiger charge is -2.04. The van der Waals surface area contributed by atoms with Crippen molar-refractivity contribution < 1.29 is 4.42 Å². The topological polar surface area (TPSA) is 80.5 Å². The van der Waals surface area contributed by atoms with Gasteiger partial charge in [0.25, 0.3) is 11.1 Å². The van der Waals surface area contributed by atoms with E-state index in [-0.39, 0.29) is 0 Å². The van der Waals surface area contributed by atoms with Crippen LogP contribution in [0.15, 0.2) is 64.4 Å². The van der Waals surface area contributed by atoms with Crippen molar-refractivity contribution in [3.05, 3.63) is 66.1 Å². The number of hydrogen-bond acceptors (Lipinski definition) is 6. The molecule has 0 bridgehead atoms. The van der Waals surface area contributed by atoms with Crippen molar-refractivity contribution in [2.24, 2.45) is 0 Å². The van der Waals surface area contributed by atoms with Crippen LogP contribution < -0.4 is 0 Å². The average molecular weight is 373 g/mol. The summed E-state index contributed by atoms with van der Waals surface area (Å²) >= 11 is 1.47. The van der Waals surface area contributed by atoms with Crippen molar-refractivity contribution in [3.8, 4) is 11.5 Å². The molecule has 5 rings (SSSR count). The van der Waals surface area contributed by atoms with E-state index in [0.29, 0.717) is 16.9 Å². The minimum Gasteiger partial charge on any atom is -0.411 e. The van der Waals surface area contributed by atoms with Gasteiger partial charge in [0.05, 0.1) is 28.0 Å². The number of aryl methyl sites for hydroxylation is 1. The number of aromatic amines is 1. The van der Waals surface area contributed by atoms with Crippen molar-refractivity contribution in [3.63, 3.8) is 0 Å². The van der Waals surface area contributed by atoms with E-state index in [9.17, 15) is 0 Å². The van der Waals surface area contributed by atoms with Gasteiger partial charge in [-0.2, -0.15) is 0 Å². The first-order valence-corrected chi connectivity index (χ1v) is 9.51. The summed E-state index contributed by atoms with van der Waals surface area (Å²) in [6, 6.07) is 15.9. The van der Waals surface area contributed by atoms with E-state index in [4.69, 9.17) is 9.40 Å². The summed E-state index contributed by atoms with van der Waals surface area (Å²) in [5.74, 6) is 1.13. The largest absolute Gasteiger partial charge is 0.411 e. The number of fused-ring (bicyclic) bond motifs is 2. The van der Waals surface area contributed by atoms with Crippen LogP contribution in [0.25, 0.3) is 33.4 Å². The monoisotopic (exact) mass is 373 g/mol. The standard InChI is InChI=1S/C20H15N5OS/c1-12-18(23-17-9-5-4-8-16(17)22-12)11-27-20-25-24-19(26-20)14-10-21-15-7-3-2-6-13(14)15/h2-10,21H,11H2,1H3. The lowest BCUT2D eigenvalue weighted by Crippen LogP contribution is -1.96. The van der Waals surface area contributed by atoms with Crippen molar-refractivity contribution in [2.75, 3.05) is 0 Å². The molecule has 0 aliphatic rings. The first-order chi connectivity index (χ1) is 13.3. The number of aromatic nitrogens is 5. The molecule has 5 aromatic rings. The summed E-state index contributed by atoms with van der Waals surface area (Å²) in [5.41, 5.74) is 5.59. The number of nitrogens with zero attached hydrogens (tertiary/aromatic N) is 4. The highest BCUT2D eigenvalue weighted by Crippen LogP contribution is 2.30. The van der Waals surface area contributed by atoms with E-state index >= 15 is 0 Å². The van der Waals surface area contributed by atoms with Gasteiger partial charge < -0.3 is 9.40 Å². The SMILES string of the molecule is Cc1nc2ccccc2nc1CSc1nnc(-c2c[nH]c3ccccc23)o1. The average Bonchev–Trinajstić information content (AvgIpc) is 3.33. The Morgan fingerprint density at radius 1 is 0.963 bits per heavy atom. The third kappa shape index (κ3) is 2.96. The Morgan fingerprint density at radius 2 is 1.74 bits per heavy atom. The molecule has 2 aromatic carbocycles. The van der Waals surface area contributed by atoms with Gasteiger partial charge in [-0.15, -0.1) is 10.2 Å². The molecule has 0 aliphatic heterocycles. The molecule has 1 N–H and O–H groups in total. The minimum atomic E-state index is 0.510. The van der Waals surface area contributed by atoms with Crippen molar-refractivity contribution >= 4 is 33.7 Å². The maximum atomic E-state index is 5.86. The van der Waals surface area contributed by atoms with Crippen molar-refractivity contribution in [1.82, 2.24) is 25.1 Å². The van der Waals surface area contributed by atoms with Gasteiger partial charge in [0.1, 0.15) is 0 Å². The molecule has 132 valence electrons. The summed E-state index contributed by atoms with van der Waals surface area (Å²) in [4.78, 5) is 12.6. The zero-order valence-corrected chi connectivity index (χ0v) is 15.3. The molecular formula is C20H15N5OS. The summed E-state index contributed by atoms with van der Waals surface area (Å²) in [5, 5.41) is 9.95. The van der Waals surface area contributed by atoms with E-state index in [1.807, 2.05) is 61.7 Å². The van der Waals surface area contributed by atoms with E-state index in [1.54, 1.807) is 0 Å². The highest BCUT2D eigenvalue weighted by molar-refractivity contribution is 7.98. The number of benzene rings is 2. The molecule has 0 radical (unpaired) electrons. The Balaban J connectivity index is 1.39. The second-order valence-electron chi connectivity index (χ2n) is 6.15. The minimum absolute atomic E-state index is 0.510. The molecule has 0 spiro atoms. The summed E-state index contributed by atoms with van der Waals surface area (Å²) in [6.45, 7) is 1.97. The van der Waals surface area contributed by atoms with Crippen LogP contribution in [-0.2, 0) is 5.75 Å². The number of thioether (sulfide) groups is 1. The van der Waals surface area contributed by atoms with E-state index in [1.165, 1.54) is 11.8 Å². The van der Waals surface area contributed by atoms with Gasteiger partial charge in [-0.3, -0.25) is 0 Å². The van der Waals surface area contributed by atoms with E-state index in [0.717, 1.165) is 38.9 Å². The highest BCUT2D eigenvalue weighted by Gasteiger charge is 2.14. The zero-order valence-electron chi connectivity index (χ0n) is 14.5. The fourth-order valence-electron chi connectivity index (χ4n) is 3.02. The fourth-order valence-corrected chi connectivity index (χ4v) is 3.79. The first kappa shape index (κ1) is 16.0. The fraction of sp³-hybridized carbons (Fsp3) is 0.100. The molecule has 0 unspecified atom stereocenters. The Hall–Kier alpha value is -3.19. The second kappa shape index (κ2) is 6.51. The smallest absolute Gasteiger partial charge is 0.277 e. The van der Waals surface area contributed by atoms with Crippen LogP contribution in [0.3, 0.4) is 0 Å². The normalized spacial score (nSPS) is 11.4. The molecule has 7 heteroatoms. The highest BCUT2D eigenvalue weighted by atomic mass is 32.2. The summed E-state index contributed by atoms with van der Waals surface area (Å²) in [7, 11) is 0. The number of H-pyrrole nitrogens is 1. The Kier molecular flexibility index (Phi) is 3.86. The molecule has 6 nitrogen and oxygen atoms in total. The maximum absolute atomic E-state index is 5.86. The van der Waals surface area contributed by atoms with Crippen molar-refractivity contribution in [2.45, 2.75) is 17.9 Å². The van der Waals surface area contributed by atoms with Gasteiger partial charge in [-0.25, -0.2) is 9.97 Å². The van der Waals surface area contributed by atoms with Crippen LogP contribution in [0, 0.1) is 6.92 Å². The Labute approximate surface area is 159 Å². The molecule has 3 heterocycles. The van der Waals surface area contributed by atoms with Crippen LogP contribution in [0.2, 0.25) is 0 Å². The Morgan fingerprint density at radius 3 is 2.63 bits per heavy atom. The lowest BCUT2D eigenvalue weighted by molar-refractivity contribution is 0.466. The Bertz CT molecular complexity index is 1260. The van der Waals surface area contributed by atoms with Gasteiger partial charge in [0.2, 0.25) is 0 Å². The molecule has 0 atom stereocenters. The molecule has 0 saturated carbocycles. The van der Waals surface area contributed by atoms with Gasteiger partial charge in [-0.05, 0) is 25.1 Å². The summed E-state index contributed by atoms with van der Waals surface area (Å²) < 4.78 is 5.86. The number of hydrogen-bond donors (Lipinski definition) is 1. The second-order valence-corrected chi connectivity index (χ2v) is 7.08. The maximum Gasteiger partial charge on any atom is 0.277 e. The number of rotatable bonds is 4. The molecule has 27 heavy (non-hydrogen) atoms. The van der Waals surface area contributed by atoms with Crippen LogP contribution in [0.4, 0.5) is 0 Å². The van der Waals surface area contributed by atoms with Gasteiger partial charge in [0.15, 0.2) is 0 Å². The first-order valence-electron chi connectivity index (χ1n) is 8.53. The van der Waals surface area contributed by atoms with E-state index < -0.39 is 0 Å². The predicted octanol–water partition coefficient (Wildman–Crippen LogP) is 4.76. The molecule has 0 saturated heterocycles. The number of nitrogens with one attached hydrogen (secondary N) is 1. The van der Waals surface area contributed by atoms with Gasteiger partial charge >= 0.3 is 0 Å². The number of para-hydroxylation sites is 3. The van der Waals surface area contributed by atoms with Gasteiger partial charge in [0, 0.05) is 22.9 Å². The van der Waals surface area contributed by atoms with Crippen LogP contribution in [0.1, 0.15) is 11.4 Å². The molecule has 3 aromatic heterocycles. The van der Waals surface area contributed by atoms with Gasteiger partial charge in [-0.1, -0.05) is 42.1 Å². The van der Waals surface area contributed by atoms with Crippen LogP contribution >= 0.6 is 11.8 Å². The third-order valence-corrected chi connectivity index (χ3v) is 5.23. The van der Waals surface area contributed by atoms with E-state index in [2.05, 4.69) is 20.2 Å². The molecule has 0 amide bonds. The third-order valence-electron chi connectivity index (χ3n) is 4.40. The van der Waals surface area contributed by atoms with Crippen LogP contribution in [-0.4, -0.2) is 25.1 Å². The summed E-state index contributed by atoms with van der Waals surface area (Å²) in [6.07, 6.45) is 1.89. The van der Waals surface area contributed by atoms with Crippen molar-refractivity contribution in [1.29, 1.82) is 0 Å². The predicted molar refractivity (Wildman–Crippen MR) is 105 cm³/mol. The molecule has 0 aliphatic carbocycles. The lowest BCUT2D eigenvalue weighted by atomic mass is 10.2. The molecule has 0 fully saturated rings. The molecular weight excluding hydrogens is 358 g/mol. The quantitative estimate of drug-likeness (QED) is 0.457. The van der Waals surface area contributed by atoms with Crippen LogP contribution in [0.5, 0.6) is 0 Å².